The zero-order chi connectivity index (χ0) is 13.7. The van der Waals surface area contributed by atoms with E-state index in [9.17, 15) is 5.26 Å². The predicted octanol–water partition coefficient (Wildman–Crippen LogP) is 2.44. The standard InChI is InChI=1S/C15H14N4S/c1-20-15-12(7-16)14-17-8-10-6-9-4-2-3-5-11(9)13(10)19(14)18-15/h2-5,10,12-13H,6,8H2,1H3. The molecule has 1 aromatic carbocycles. The number of thioether (sulfide) groups is 1. The normalized spacial score (nSPS) is 30.0. The Kier molecular flexibility index (Phi) is 2.61. The van der Waals surface area contributed by atoms with Crippen LogP contribution in [0.25, 0.3) is 0 Å². The third kappa shape index (κ3) is 1.49. The van der Waals surface area contributed by atoms with E-state index in [4.69, 9.17) is 0 Å². The Morgan fingerprint density at radius 3 is 3.05 bits per heavy atom. The van der Waals surface area contributed by atoms with Crippen LogP contribution in [0.15, 0.2) is 34.4 Å². The molecule has 3 aliphatic rings. The van der Waals surface area contributed by atoms with Crippen molar-refractivity contribution in [2.45, 2.75) is 12.5 Å². The van der Waals surface area contributed by atoms with Gasteiger partial charge >= 0.3 is 0 Å². The van der Waals surface area contributed by atoms with Gasteiger partial charge in [-0.2, -0.15) is 10.4 Å². The topological polar surface area (TPSA) is 51.8 Å². The highest BCUT2D eigenvalue weighted by Crippen LogP contribution is 2.45. The Morgan fingerprint density at radius 1 is 1.40 bits per heavy atom. The average Bonchev–Trinajstić information content (AvgIpc) is 3.03. The molecule has 2 heterocycles. The predicted molar refractivity (Wildman–Crippen MR) is 80.6 cm³/mol. The van der Waals surface area contributed by atoms with Crippen molar-refractivity contribution in [3.63, 3.8) is 0 Å². The van der Waals surface area contributed by atoms with Gasteiger partial charge in [-0.1, -0.05) is 24.3 Å². The third-order valence-corrected chi connectivity index (χ3v) is 5.07. The van der Waals surface area contributed by atoms with E-state index in [1.807, 2.05) is 11.3 Å². The first-order valence-corrected chi connectivity index (χ1v) is 7.99. The molecule has 20 heavy (non-hydrogen) atoms. The lowest BCUT2D eigenvalue weighted by Crippen LogP contribution is -2.38. The second-order valence-corrected chi connectivity index (χ2v) is 6.18. The number of amidine groups is 1. The first kappa shape index (κ1) is 12.0. The minimum atomic E-state index is -0.279. The fourth-order valence-electron chi connectivity index (χ4n) is 3.46. The van der Waals surface area contributed by atoms with Crippen LogP contribution in [0.2, 0.25) is 0 Å². The van der Waals surface area contributed by atoms with Gasteiger partial charge in [-0.3, -0.25) is 4.99 Å². The van der Waals surface area contributed by atoms with Crippen molar-refractivity contribution in [2.75, 3.05) is 12.8 Å². The van der Waals surface area contributed by atoms with Gasteiger partial charge in [0.15, 0.2) is 5.92 Å². The van der Waals surface area contributed by atoms with Crippen LogP contribution in [0.1, 0.15) is 17.2 Å². The molecule has 3 unspecified atom stereocenters. The van der Waals surface area contributed by atoms with Gasteiger partial charge in [0.05, 0.1) is 12.1 Å². The zero-order valence-electron chi connectivity index (χ0n) is 11.2. The molecule has 0 aromatic heterocycles. The molecule has 0 saturated heterocycles. The SMILES string of the molecule is CSC1=NN2C(=NCC3Cc4ccccc4C32)C1C#N. The van der Waals surface area contributed by atoms with Crippen LogP contribution < -0.4 is 0 Å². The molecule has 1 aromatic rings. The molecule has 0 spiro atoms. The summed E-state index contributed by atoms with van der Waals surface area (Å²) in [5.41, 5.74) is 2.76. The van der Waals surface area contributed by atoms with E-state index in [1.54, 1.807) is 11.8 Å². The van der Waals surface area contributed by atoms with Gasteiger partial charge in [-0.05, 0) is 23.8 Å². The van der Waals surface area contributed by atoms with E-state index >= 15 is 0 Å². The minimum absolute atomic E-state index is 0.263. The maximum Gasteiger partial charge on any atom is 0.155 e. The van der Waals surface area contributed by atoms with E-state index in [2.05, 4.69) is 40.4 Å². The number of nitrogens with zero attached hydrogens (tertiary/aromatic N) is 4. The maximum atomic E-state index is 9.39. The van der Waals surface area contributed by atoms with Crippen LogP contribution in [-0.4, -0.2) is 28.7 Å². The van der Waals surface area contributed by atoms with Gasteiger partial charge in [0.2, 0.25) is 0 Å². The molecular formula is C15H14N4S. The van der Waals surface area contributed by atoms with Gasteiger partial charge in [0.25, 0.3) is 0 Å². The summed E-state index contributed by atoms with van der Waals surface area (Å²) < 4.78 is 0. The molecule has 0 bridgehead atoms. The Hall–Kier alpha value is -1.80. The number of aliphatic imine (C=N–C) groups is 1. The van der Waals surface area contributed by atoms with Crippen LogP contribution in [0, 0.1) is 23.2 Å². The molecular weight excluding hydrogens is 268 g/mol. The molecule has 2 aliphatic heterocycles. The summed E-state index contributed by atoms with van der Waals surface area (Å²) in [4.78, 5) is 4.66. The van der Waals surface area contributed by atoms with E-state index in [0.717, 1.165) is 23.8 Å². The number of hydrogen-bond acceptors (Lipinski definition) is 5. The van der Waals surface area contributed by atoms with E-state index < -0.39 is 0 Å². The Morgan fingerprint density at radius 2 is 2.25 bits per heavy atom. The van der Waals surface area contributed by atoms with Crippen LogP contribution in [0.3, 0.4) is 0 Å². The van der Waals surface area contributed by atoms with Crippen LogP contribution in [-0.2, 0) is 6.42 Å². The second kappa shape index (κ2) is 4.35. The summed E-state index contributed by atoms with van der Waals surface area (Å²) in [5, 5.41) is 17.0. The lowest BCUT2D eigenvalue weighted by Gasteiger charge is -2.32. The highest BCUT2D eigenvalue weighted by atomic mass is 32.2. The highest BCUT2D eigenvalue weighted by Gasteiger charge is 2.46. The van der Waals surface area contributed by atoms with Crippen molar-refractivity contribution >= 4 is 22.6 Å². The quantitative estimate of drug-likeness (QED) is 0.734. The Balaban J connectivity index is 1.81. The van der Waals surface area contributed by atoms with Gasteiger partial charge < -0.3 is 0 Å². The summed E-state index contributed by atoms with van der Waals surface area (Å²) in [6.07, 6.45) is 3.04. The third-order valence-electron chi connectivity index (χ3n) is 4.34. The van der Waals surface area contributed by atoms with Crippen LogP contribution in [0.4, 0.5) is 0 Å². The minimum Gasteiger partial charge on any atom is -0.269 e. The number of rotatable bonds is 0. The summed E-state index contributed by atoms with van der Waals surface area (Å²) >= 11 is 1.55. The number of hydrazone groups is 1. The molecule has 3 atom stereocenters. The number of fused-ring (bicyclic) bond motifs is 5. The molecule has 0 saturated carbocycles. The number of hydrogen-bond donors (Lipinski definition) is 0. The smallest absolute Gasteiger partial charge is 0.155 e. The Labute approximate surface area is 122 Å². The van der Waals surface area contributed by atoms with E-state index in [1.165, 1.54) is 11.1 Å². The summed E-state index contributed by atoms with van der Waals surface area (Å²) in [7, 11) is 0. The fourth-order valence-corrected chi connectivity index (χ4v) is 4.02. The highest BCUT2D eigenvalue weighted by molar-refractivity contribution is 8.13. The summed E-state index contributed by atoms with van der Waals surface area (Å²) in [6.45, 7) is 0.806. The maximum absolute atomic E-state index is 9.39. The van der Waals surface area contributed by atoms with Gasteiger partial charge in [0.1, 0.15) is 10.9 Å². The monoisotopic (exact) mass is 282 g/mol. The van der Waals surface area contributed by atoms with Gasteiger partial charge in [-0.15, -0.1) is 11.8 Å². The van der Waals surface area contributed by atoms with Gasteiger partial charge in [0, 0.05) is 12.5 Å². The summed E-state index contributed by atoms with van der Waals surface area (Å²) in [6, 6.07) is 11.2. The molecule has 4 nitrogen and oxygen atoms in total. The molecule has 0 radical (unpaired) electrons. The number of nitriles is 1. The second-order valence-electron chi connectivity index (χ2n) is 5.36. The first-order valence-electron chi connectivity index (χ1n) is 6.77. The molecule has 0 N–H and O–H groups in total. The lowest BCUT2D eigenvalue weighted by atomic mass is 9.97. The van der Waals surface area contributed by atoms with Crippen molar-refractivity contribution in [3.8, 4) is 6.07 Å². The van der Waals surface area contributed by atoms with Crippen molar-refractivity contribution < 1.29 is 0 Å². The summed E-state index contributed by atoms with van der Waals surface area (Å²) in [5.74, 6) is 1.05. The van der Waals surface area contributed by atoms with E-state index in [0.29, 0.717) is 5.92 Å². The molecule has 5 heteroatoms. The average molecular weight is 282 g/mol. The van der Waals surface area contributed by atoms with Crippen molar-refractivity contribution in [3.05, 3.63) is 35.4 Å². The fraction of sp³-hybridized carbons (Fsp3) is 0.400. The molecule has 100 valence electrons. The first-order chi connectivity index (χ1) is 9.83. The molecule has 0 amide bonds. The Bertz CT molecular complexity index is 673. The van der Waals surface area contributed by atoms with Crippen LogP contribution in [0.5, 0.6) is 0 Å². The lowest BCUT2D eigenvalue weighted by molar-refractivity contribution is 0.242. The molecule has 4 rings (SSSR count). The van der Waals surface area contributed by atoms with Crippen molar-refractivity contribution in [1.29, 1.82) is 5.26 Å². The van der Waals surface area contributed by atoms with E-state index in [-0.39, 0.29) is 12.0 Å². The van der Waals surface area contributed by atoms with Gasteiger partial charge in [-0.25, -0.2) is 5.01 Å². The van der Waals surface area contributed by atoms with Crippen LogP contribution >= 0.6 is 11.8 Å². The number of benzene rings is 1. The zero-order valence-corrected chi connectivity index (χ0v) is 12.0. The van der Waals surface area contributed by atoms with Crippen molar-refractivity contribution in [2.24, 2.45) is 21.9 Å². The molecule has 1 aliphatic carbocycles. The molecule has 0 fully saturated rings. The van der Waals surface area contributed by atoms with Crippen molar-refractivity contribution in [1.82, 2.24) is 5.01 Å². The largest absolute Gasteiger partial charge is 0.269 e.